The second kappa shape index (κ2) is 7.06. The van der Waals surface area contributed by atoms with E-state index >= 15 is 0 Å². The molecule has 0 aliphatic heterocycles. The van der Waals surface area contributed by atoms with Gasteiger partial charge in [0.05, 0.1) is 16.1 Å². The summed E-state index contributed by atoms with van der Waals surface area (Å²) in [6, 6.07) is 11.6. The first-order valence-electron chi connectivity index (χ1n) is 6.57. The van der Waals surface area contributed by atoms with E-state index in [1.165, 1.54) is 12.1 Å². The average Bonchev–Trinajstić information content (AvgIpc) is 2.49. The summed E-state index contributed by atoms with van der Waals surface area (Å²) in [5, 5.41) is 17.6. The van der Waals surface area contributed by atoms with E-state index in [1.54, 1.807) is 24.3 Å². The summed E-state index contributed by atoms with van der Waals surface area (Å²) in [6.45, 7) is 2.41. The van der Waals surface area contributed by atoms with Crippen LogP contribution < -0.4 is 15.2 Å². The summed E-state index contributed by atoms with van der Waals surface area (Å²) in [5.74, 6) is -0.326. The van der Waals surface area contributed by atoms with E-state index < -0.39 is 17.0 Å². The van der Waals surface area contributed by atoms with Crippen molar-refractivity contribution in [3.8, 4) is 11.5 Å². The van der Waals surface area contributed by atoms with Crippen molar-refractivity contribution in [2.45, 2.75) is 11.8 Å². The fourth-order valence-electron chi connectivity index (χ4n) is 1.91. The summed E-state index contributed by atoms with van der Waals surface area (Å²) in [6.07, 6.45) is 0. The van der Waals surface area contributed by atoms with E-state index in [0.717, 1.165) is 0 Å². The highest BCUT2D eigenvalue weighted by molar-refractivity contribution is 7.82. The first-order chi connectivity index (χ1) is 10.5. The number of carboxylic acid groups (broad SMARTS) is 1. The molecule has 0 aliphatic carbocycles. The largest absolute Gasteiger partial charge is 0.478 e. The highest BCUT2D eigenvalue weighted by atomic mass is 32.2. The van der Waals surface area contributed by atoms with Crippen LogP contribution in [0.5, 0.6) is 11.5 Å². The number of para-hydroxylation sites is 1. The average molecular weight is 320 g/mol. The molecule has 0 saturated heterocycles. The van der Waals surface area contributed by atoms with Crippen molar-refractivity contribution in [1.82, 2.24) is 0 Å². The molecule has 1 atom stereocenters. The van der Waals surface area contributed by atoms with Crippen molar-refractivity contribution in [3.63, 3.8) is 0 Å². The molecule has 2 rings (SSSR count). The maximum Gasteiger partial charge on any atom is 0.335 e. The molecule has 0 spiro atoms. The van der Waals surface area contributed by atoms with Gasteiger partial charge in [-0.05, 0) is 31.2 Å². The Hall–Kier alpha value is -2.38. The van der Waals surface area contributed by atoms with Gasteiger partial charge in [-0.25, -0.2) is 14.1 Å². The molecule has 6 nitrogen and oxygen atoms in total. The van der Waals surface area contributed by atoms with Gasteiger partial charge in [0.2, 0.25) is 0 Å². The number of benzene rings is 2. The number of hydrogen-bond donors (Lipinski definition) is 3. The van der Waals surface area contributed by atoms with Crippen molar-refractivity contribution in [1.29, 1.82) is 0 Å². The molecular weight excluding hydrogens is 304 g/mol. The van der Waals surface area contributed by atoms with Gasteiger partial charge < -0.3 is 15.2 Å². The quantitative estimate of drug-likeness (QED) is 0.759. The smallest absolute Gasteiger partial charge is 0.335 e. The zero-order valence-electron chi connectivity index (χ0n) is 11.9. The van der Waals surface area contributed by atoms with E-state index in [4.69, 9.17) is 15.0 Å². The summed E-state index contributed by atoms with van der Waals surface area (Å²) >= 11 is 0. The minimum atomic E-state index is -1.88. The standard InChI is InChI=1S/C15H16N2O4S/c1-2-17-12-8-10(15(18)19)9-13(22(16)20)14(12)21-11-6-4-3-5-7-11/h3-9,17H,2,16H2,1H3,(H,18,19). The van der Waals surface area contributed by atoms with Crippen molar-refractivity contribution in [3.05, 3.63) is 48.0 Å². The monoisotopic (exact) mass is 320 g/mol. The lowest BCUT2D eigenvalue weighted by atomic mass is 10.2. The molecular formula is C15H16N2O4S. The molecule has 2 aromatic rings. The van der Waals surface area contributed by atoms with Gasteiger partial charge in [-0.15, -0.1) is 0 Å². The van der Waals surface area contributed by atoms with Crippen LogP contribution in [0.3, 0.4) is 0 Å². The van der Waals surface area contributed by atoms with Crippen molar-refractivity contribution < 1.29 is 18.8 Å². The lowest BCUT2D eigenvalue weighted by Gasteiger charge is -2.16. The number of hydrogen-bond acceptors (Lipinski definition) is 4. The van der Waals surface area contributed by atoms with E-state index in [9.17, 15) is 9.00 Å². The van der Waals surface area contributed by atoms with Gasteiger partial charge in [-0.2, -0.15) is 0 Å². The zero-order chi connectivity index (χ0) is 16.1. The summed E-state index contributed by atoms with van der Waals surface area (Å²) in [7, 11) is -1.88. The molecule has 4 N–H and O–H groups in total. The maximum absolute atomic E-state index is 11.8. The molecule has 22 heavy (non-hydrogen) atoms. The summed E-state index contributed by atoms with van der Waals surface area (Å²) < 4.78 is 17.5. The van der Waals surface area contributed by atoms with Gasteiger partial charge in [-0.1, -0.05) is 18.2 Å². The van der Waals surface area contributed by atoms with Gasteiger partial charge in [0, 0.05) is 6.54 Å². The van der Waals surface area contributed by atoms with Crippen LogP contribution in [-0.2, 0) is 11.0 Å². The van der Waals surface area contributed by atoms with Crippen LogP contribution in [0.15, 0.2) is 47.4 Å². The Balaban J connectivity index is 2.57. The molecule has 0 saturated carbocycles. The molecule has 0 fully saturated rings. The number of nitrogens with one attached hydrogen (secondary N) is 1. The van der Waals surface area contributed by atoms with Crippen LogP contribution >= 0.6 is 0 Å². The molecule has 0 bridgehead atoms. The molecule has 0 aliphatic rings. The fraction of sp³-hybridized carbons (Fsp3) is 0.133. The Morgan fingerprint density at radius 2 is 2.00 bits per heavy atom. The first-order valence-corrected chi connectivity index (χ1v) is 7.78. The van der Waals surface area contributed by atoms with Crippen LogP contribution in [0, 0.1) is 0 Å². The van der Waals surface area contributed by atoms with Crippen molar-refractivity contribution in [2.24, 2.45) is 5.14 Å². The second-order valence-corrected chi connectivity index (χ2v) is 5.43. The summed E-state index contributed by atoms with van der Waals surface area (Å²) in [5.41, 5.74) is 0.421. The Bertz CT molecular complexity index is 704. The van der Waals surface area contributed by atoms with Gasteiger partial charge in [-0.3, -0.25) is 0 Å². The van der Waals surface area contributed by atoms with Gasteiger partial charge in [0.1, 0.15) is 16.7 Å². The Kier molecular flexibility index (Phi) is 5.13. The van der Waals surface area contributed by atoms with Crippen LogP contribution in [0.1, 0.15) is 17.3 Å². The molecule has 0 radical (unpaired) electrons. The summed E-state index contributed by atoms with van der Waals surface area (Å²) in [4.78, 5) is 11.3. The number of carboxylic acids is 1. The third kappa shape index (κ3) is 3.63. The van der Waals surface area contributed by atoms with E-state index in [1.807, 2.05) is 13.0 Å². The minimum Gasteiger partial charge on any atom is -0.478 e. The van der Waals surface area contributed by atoms with Gasteiger partial charge in [0.25, 0.3) is 0 Å². The predicted molar refractivity (Wildman–Crippen MR) is 84.7 cm³/mol. The van der Waals surface area contributed by atoms with Crippen molar-refractivity contribution in [2.75, 3.05) is 11.9 Å². The number of rotatable bonds is 6. The van der Waals surface area contributed by atoms with Crippen LogP contribution in [0.4, 0.5) is 5.69 Å². The van der Waals surface area contributed by atoms with Gasteiger partial charge >= 0.3 is 5.97 Å². The van der Waals surface area contributed by atoms with E-state index in [-0.39, 0.29) is 16.2 Å². The second-order valence-electron chi connectivity index (χ2n) is 4.40. The first kappa shape index (κ1) is 16.0. The predicted octanol–water partition coefficient (Wildman–Crippen LogP) is 2.59. The van der Waals surface area contributed by atoms with E-state index in [0.29, 0.717) is 18.0 Å². The third-order valence-electron chi connectivity index (χ3n) is 2.85. The molecule has 0 heterocycles. The zero-order valence-corrected chi connectivity index (χ0v) is 12.7. The van der Waals surface area contributed by atoms with Crippen LogP contribution in [0.2, 0.25) is 0 Å². The van der Waals surface area contributed by atoms with Crippen LogP contribution in [0.25, 0.3) is 0 Å². The molecule has 0 amide bonds. The maximum atomic E-state index is 11.8. The Labute approximate surface area is 130 Å². The topological polar surface area (TPSA) is 102 Å². The normalized spacial score (nSPS) is 11.7. The molecule has 116 valence electrons. The Morgan fingerprint density at radius 3 is 2.55 bits per heavy atom. The highest BCUT2D eigenvalue weighted by Gasteiger charge is 2.19. The molecule has 1 unspecified atom stereocenters. The Morgan fingerprint density at radius 1 is 1.32 bits per heavy atom. The fourth-order valence-corrected chi connectivity index (χ4v) is 2.49. The lowest BCUT2D eigenvalue weighted by molar-refractivity contribution is 0.0696. The van der Waals surface area contributed by atoms with Crippen molar-refractivity contribution >= 4 is 22.6 Å². The molecule has 7 heteroatoms. The number of carbonyl (C=O) groups is 1. The number of ether oxygens (including phenoxy) is 1. The molecule has 2 aromatic carbocycles. The number of anilines is 1. The number of nitrogens with two attached hydrogens (primary N) is 1. The minimum absolute atomic E-state index is 0.00911. The lowest BCUT2D eigenvalue weighted by Crippen LogP contribution is -2.10. The highest BCUT2D eigenvalue weighted by Crippen LogP contribution is 2.36. The third-order valence-corrected chi connectivity index (χ3v) is 3.59. The molecule has 0 aromatic heterocycles. The van der Waals surface area contributed by atoms with Crippen LogP contribution in [-0.4, -0.2) is 21.8 Å². The van der Waals surface area contributed by atoms with Gasteiger partial charge in [0.15, 0.2) is 5.75 Å². The number of aromatic carboxylic acids is 1. The van der Waals surface area contributed by atoms with E-state index in [2.05, 4.69) is 5.32 Å². The SMILES string of the molecule is CCNc1cc(C(=O)O)cc(S(N)=O)c1Oc1ccccc1.